The lowest BCUT2D eigenvalue weighted by Crippen LogP contribution is -2.15. The number of rotatable bonds is 5. The predicted molar refractivity (Wildman–Crippen MR) is 86.9 cm³/mol. The maximum atomic E-state index is 11.9. The van der Waals surface area contributed by atoms with Crippen LogP contribution in [-0.2, 0) is 4.74 Å². The quantitative estimate of drug-likeness (QED) is 0.328. The minimum absolute atomic E-state index is 0.124. The van der Waals surface area contributed by atoms with Crippen molar-refractivity contribution in [3.8, 4) is 0 Å². The fourth-order valence-corrected chi connectivity index (χ4v) is 2.19. The van der Waals surface area contributed by atoms with Crippen LogP contribution in [0.2, 0.25) is 5.02 Å². The van der Waals surface area contributed by atoms with Gasteiger partial charge in [0.25, 0.3) is 5.69 Å². The molecule has 0 spiro atoms. The number of halogens is 2. The molecular weight excluding hydrogens is 390 g/mol. The van der Waals surface area contributed by atoms with Crippen LogP contribution >= 0.6 is 27.5 Å². The number of esters is 1. The smallest absolute Gasteiger partial charge is 0.345 e. The molecule has 0 radical (unpaired) electrons. The van der Waals surface area contributed by atoms with Crippen molar-refractivity contribution in [1.82, 2.24) is 0 Å². The SMILES string of the molecule is O=C(COC(=O)c1ccc(Cl)cc1[N+](=O)[O-])c1ccc(Br)cc1. The van der Waals surface area contributed by atoms with Crippen molar-refractivity contribution < 1.29 is 19.2 Å². The molecule has 0 N–H and O–H groups in total. The molecule has 0 amide bonds. The molecule has 0 saturated carbocycles. The van der Waals surface area contributed by atoms with Crippen molar-refractivity contribution in [2.75, 3.05) is 6.61 Å². The van der Waals surface area contributed by atoms with Crippen molar-refractivity contribution in [3.63, 3.8) is 0 Å². The van der Waals surface area contributed by atoms with E-state index >= 15 is 0 Å². The van der Waals surface area contributed by atoms with Crippen LogP contribution in [0.15, 0.2) is 46.9 Å². The van der Waals surface area contributed by atoms with Crippen LogP contribution in [0, 0.1) is 10.1 Å². The largest absolute Gasteiger partial charge is 0.454 e. The summed E-state index contributed by atoms with van der Waals surface area (Å²) in [5.74, 6) is -1.37. The van der Waals surface area contributed by atoms with Crippen LogP contribution in [0.5, 0.6) is 0 Å². The molecule has 0 aliphatic heterocycles. The number of benzene rings is 2. The Morgan fingerprint density at radius 2 is 1.83 bits per heavy atom. The van der Waals surface area contributed by atoms with E-state index in [1.54, 1.807) is 24.3 Å². The molecule has 0 bridgehead atoms. The van der Waals surface area contributed by atoms with Crippen LogP contribution in [-0.4, -0.2) is 23.3 Å². The van der Waals surface area contributed by atoms with Crippen LogP contribution in [0.1, 0.15) is 20.7 Å². The summed E-state index contributed by atoms with van der Waals surface area (Å²) in [7, 11) is 0. The fraction of sp³-hybridized carbons (Fsp3) is 0.0667. The molecule has 8 heteroatoms. The Bertz CT molecular complexity index is 776. The number of nitrogens with zero attached hydrogens (tertiary/aromatic N) is 1. The highest BCUT2D eigenvalue weighted by atomic mass is 79.9. The number of carbonyl (C=O) groups excluding carboxylic acids is 2. The summed E-state index contributed by atoms with van der Waals surface area (Å²) in [5.41, 5.74) is -0.367. The minimum atomic E-state index is -0.959. The van der Waals surface area contributed by atoms with E-state index in [1.807, 2.05) is 0 Å². The van der Waals surface area contributed by atoms with E-state index in [9.17, 15) is 19.7 Å². The normalized spacial score (nSPS) is 10.2. The summed E-state index contributed by atoms with van der Waals surface area (Å²) in [5, 5.41) is 11.1. The highest BCUT2D eigenvalue weighted by molar-refractivity contribution is 9.10. The van der Waals surface area contributed by atoms with Crippen molar-refractivity contribution in [3.05, 3.63) is 73.2 Å². The van der Waals surface area contributed by atoms with Crippen molar-refractivity contribution in [2.24, 2.45) is 0 Å². The van der Waals surface area contributed by atoms with Gasteiger partial charge in [0, 0.05) is 21.1 Å². The maximum absolute atomic E-state index is 11.9. The molecule has 0 atom stereocenters. The maximum Gasteiger partial charge on any atom is 0.345 e. The lowest BCUT2D eigenvalue weighted by molar-refractivity contribution is -0.385. The van der Waals surface area contributed by atoms with Crippen molar-refractivity contribution in [1.29, 1.82) is 0 Å². The molecule has 0 heterocycles. The van der Waals surface area contributed by atoms with Crippen molar-refractivity contribution >= 4 is 45.0 Å². The van der Waals surface area contributed by atoms with E-state index in [2.05, 4.69) is 15.9 Å². The number of hydrogen-bond acceptors (Lipinski definition) is 5. The molecule has 0 aromatic heterocycles. The molecule has 0 unspecified atom stereocenters. The van der Waals surface area contributed by atoms with E-state index in [0.717, 1.165) is 10.5 Å². The number of ketones is 1. The molecule has 118 valence electrons. The summed E-state index contributed by atoms with van der Waals surface area (Å²) in [6.45, 7) is -0.514. The molecule has 2 aromatic rings. The van der Waals surface area contributed by atoms with Gasteiger partial charge in [0.2, 0.25) is 0 Å². The topological polar surface area (TPSA) is 86.5 Å². The summed E-state index contributed by atoms with van der Waals surface area (Å²) < 4.78 is 5.67. The molecule has 2 aromatic carbocycles. The number of hydrogen-bond donors (Lipinski definition) is 0. The summed E-state index contributed by atoms with van der Waals surface area (Å²) in [6, 6.07) is 10.1. The van der Waals surface area contributed by atoms with Gasteiger partial charge in [-0.05, 0) is 24.3 Å². The molecule has 2 rings (SSSR count). The predicted octanol–water partition coefficient (Wildman–Crippen LogP) is 4.05. The number of carbonyl (C=O) groups is 2. The Hall–Kier alpha value is -2.25. The lowest BCUT2D eigenvalue weighted by atomic mass is 10.1. The number of nitro benzene ring substituents is 1. The highest BCUT2D eigenvalue weighted by Crippen LogP contribution is 2.24. The molecular formula is C15H9BrClNO5. The van der Waals surface area contributed by atoms with Gasteiger partial charge < -0.3 is 4.74 Å². The Kier molecular flexibility index (Phi) is 5.46. The fourth-order valence-electron chi connectivity index (χ4n) is 1.76. The standard InChI is InChI=1S/C15H9BrClNO5/c16-10-3-1-9(2-4-10)14(19)8-23-15(20)12-6-5-11(17)7-13(12)18(21)22/h1-7H,8H2. The second kappa shape index (κ2) is 7.34. The summed E-state index contributed by atoms with van der Waals surface area (Å²) in [6.07, 6.45) is 0. The van der Waals surface area contributed by atoms with E-state index in [-0.39, 0.29) is 10.6 Å². The van der Waals surface area contributed by atoms with Gasteiger partial charge in [0.05, 0.1) is 4.92 Å². The van der Waals surface area contributed by atoms with Gasteiger partial charge >= 0.3 is 5.97 Å². The Morgan fingerprint density at radius 3 is 2.43 bits per heavy atom. The molecule has 6 nitrogen and oxygen atoms in total. The van der Waals surface area contributed by atoms with Gasteiger partial charge in [0.1, 0.15) is 5.56 Å². The van der Waals surface area contributed by atoms with Gasteiger partial charge in [-0.2, -0.15) is 0 Å². The lowest BCUT2D eigenvalue weighted by Gasteiger charge is -2.05. The third-order valence-electron chi connectivity index (χ3n) is 2.88. The second-order valence-electron chi connectivity index (χ2n) is 4.42. The first-order valence-electron chi connectivity index (χ1n) is 6.28. The van der Waals surface area contributed by atoms with Gasteiger partial charge in [-0.25, -0.2) is 4.79 Å². The average molecular weight is 399 g/mol. The first-order chi connectivity index (χ1) is 10.9. The number of nitro groups is 1. The Morgan fingerprint density at radius 1 is 1.17 bits per heavy atom. The van der Waals surface area contributed by atoms with Gasteiger partial charge in [0.15, 0.2) is 12.4 Å². The third-order valence-corrected chi connectivity index (χ3v) is 3.64. The summed E-state index contributed by atoms with van der Waals surface area (Å²) in [4.78, 5) is 34.1. The zero-order valence-corrected chi connectivity index (χ0v) is 13.8. The number of ether oxygens (including phenoxy) is 1. The second-order valence-corrected chi connectivity index (χ2v) is 5.78. The van der Waals surface area contributed by atoms with Crippen LogP contribution in [0.3, 0.4) is 0 Å². The first-order valence-corrected chi connectivity index (χ1v) is 7.45. The van der Waals surface area contributed by atoms with Gasteiger partial charge in [-0.15, -0.1) is 0 Å². The third kappa shape index (κ3) is 4.37. The van der Waals surface area contributed by atoms with Crippen LogP contribution < -0.4 is 0 Å². The summed E-state index contributed by atoms with van der Waals surface area (Å²) >= 11 is 8.91. The zero-order chi connectivity index (χ0) is 17.0. The molecule has 0 saturated heterocycles. The Balaban J connectivity index is 2.09. The van der Waals surface area contributed by atoms with E-state index in [1.165, 1.54) is 12.1 Å². The average Bonchev–Trinajstić information content (AvgIpc) is 2.52. The monoisotopic (exact) mass is 397 g/mol. The molecule has 23 heavy (non-hydrogen) atoms. The minimum Gasteiger partial charge on any atom is -0.454 e. The van der Waals surface area contributed by atoms with Gasteiger partial charge in [-0.1, -0.05) is 39.7 Å². The highest BCUT2D eigenvalue weighted by Gasteiger charge is 2.22. The first kappa shape index (κ1) is 17.1. The molecule has 0 aliphatic rings. The van der Waals surface area contributed by atoms with Crippen LogP contribution in [0.25, 0.3) is 0 Å². The van der Waals surface area contributed by atoms with E-state index in [0.29, 0.717) is 5.56 Å². The van der Waals surface area contributed by atoms with Crippen molar-refractivity contribution in [2.45, 2.75) is 0 Å². The van der Waals surface area contributed by atoms with E-state index in [4.69, 9.17) is 16.3 Å². The van der Waals surface area contributed by atoms with Crippen LogP contribution in [0.4, 0.5) is 5.69 Å². The molecule has 0 aliphatic carbocycles. The Labute approximate surface area is 144 Å². The van der Waals surface area contributed by atoms with E-state index < -0.39 is 29.0 Å². The van der Waals surface area contributed by atoms with Gasteiger partial charge in [-0.3, -0.25) is 14.9 Å². The number of Topliss-reactive ketones (excluding diaryl/α,β-unsaturated/α-hetero) is 1. The molecule has 0 fully saturated rings. The zero-order valence-electron chi connectivity index (χ0n) is 11.5.